The molecule has 1 aliphatic heterocycles. The van der Waals surface area contributed by atoms with Crippen molar-refractivity contribution >= 4 is 11.8 Å². The van der Waals surface area contributed by atoms with Crippen molar-refractivity contribution < 1.29 is 0 Å². The third-order valence-electron chi connectivity index (χ3n) is 3.55. The Balaban J connectivity index is 2.34. The van der Waals surface area contributed by atoms with Crippen LogP contribution in [0, 0.1) is 0 Å². The van der Waals surface area contributed by atoms with E-state index < -0.39 is 0 Å². The number of nitrogens with zero attached hydrogens (tertiary/aromatic N) is 1. The van der Waals surface area contributed by atoms with E-state index in [9.17, 15) is 0 Å². The fourth-order valence-electron chi connectivity index (χ4n) is 2.70. The molecular formula is C13H28N2S. The lowest BCUT2D eigenvalue weighted by Crippen LogP contribution is -2.51. The van der Waals surface area contributed by atoms with Crippen molar-refractivity contribution in [1.29, 1.82) is 0 Å². The van der Waals surface area contributed by atoms with Crippen molar-refractivity contribution in [3.05, 3.63) is 0 Å². The molecule has 0 saturated carbocycles. The van der Waals surface area contributed by atoms with E-state index in [0.717, 1.165) is 24.7 Å². The molecule has 0 aliphatic carbocycles. The van der Waals surface area contributed by atoms with Gasteiger partial charge in [-0.05, 0) is 39.0 Å². The van der Waals surface area contributed by atoms with Gasteiger partial charge in [-0.25, -0.2) is 0 Å². The summed E-state index contributed by atoms with van der Waals surface area (Å²) in [6.45, 7) is 11.6. The zero-order valence-electron chi connectivity index (χ0n) is 11.3. The van der Waals surface area contributed by atoms with Gasteiger partial charge in [0.15, 0.2) is 0 Å². The number of hydrogen-bond acceptors (Lipinski definition) is 3. The summed E-state index contributed by atoms with van der Waals surface area (Å²) < 4.78 is 0. The summed E-state index contributed by atoms with van der Waals surface area (Å²) >= 11 is 2.07. The molecule has 1 N–H and O–H groups in total. The highest BCUT2D eigenvalue weighted by Gasteiger charge is 2.27. The molecule has 0 radical (unpaired) electrons. The summed E-state index contributed by atoms with van der Waals surface area (Å²) in [5.41, 5.74) is 0. The van der Waals surface area contributed by atoms with Crippen LogP contribution in [0.25, 0.3) is 0 Å². The van der Waals surface area contributed by atoms with Gasteiger partial charge in [-0.3, -0.25) is 4.90 Å². The molecule has 16 heavy (non-hydrogen) atoms. The van der Waals surface area contributed by atoms with Crippen molar-refractivity contribution in [1.82, 2.24) is 10.2 Å². The maximum atomic E-state index is 3.59. The van der Waals surface area contributed by atoms with E-state index in [1.54, 1.807) is 0 Å². The molecule has 0 aromatic rings. The predicted molar refractivity (Wildman–Crippen MR) is 75.3 cm³/mol. The first kappa shape index (κ1) is 14.3. The second-order valence-electron chi connectivity index (χ2n) is 4.87. The van der Waals surface area contributed by atoms with E-state index in [-0.39, 0.29) is 0 Å². The molecule has 3 unspecified atom stereocenters. The van der Waals surface area contributed by atoms with Crippen LogP contribution in [0.2, 0.25) is 0 Å². The Morgan fingerprint density at radius 2 is 2.19 bits per heavy atom. The van der Waals surface area contributed by atoms with Crippen LogP contribution < -0.4 is 5.32 Å². The summed E-state index contributed by atoms with van der Waals surface area (Å²) in [7, 11) is 0. The van der Waals surface area contributed by atoms with Crippen LogP contribution in [0.1, 0.15) is 40.5 Å². The largest absolute Gasteiger partial charge is 0.314 e. The van der Waals surface area contributed by atoms with E-state index in [1.807, 2.05) is 0 Å². The lowest BCUT2D eigenvalue weighted by atomic mass is 9.97. The Morgan fingerprint density at radius 3 is 2.75 bits per heavy atom. The first-order chi connectivity index (χ1) is 7.69. The SMILES string of the molecule is CCNC1CCN(C(C)CSCC)C(C)C1. The van der Waals surface area contributed by atoms with Gasteiger partial charge >= 0.3 is 0 Å². The summed E-state index contributed by atoms with van der Waals surface area (Å²) in [5, 5.41) is 3.59. The predicted octanol–water partition coefficient (Wildman–Crippen LogP) is 2.59. The van der Waals surface area contributed by atoms with Crippen molar-refractivity contribution in [2.75, 3.05) is 24.6 Å². The molecule has 96 valence electrons. The Labute approximate surface area is 106 Å². The standard InChI is InChI=1S/C13H28N2S/c1-5-14-13-7-8-15(11(3)9-13)12(4)10-16-6-2/h11-14H,5-10H2,1-4H3. The molecule has 0 bridgehead atoms. The Bertz CT molecular complexity index is 187. The van der Waals surface area contributed by atoms with Gasteiger partial charge in [0, 0.05) is 30.4 Å². The molecule has 3 atom stereocenters. The second-order valence-corrected chi connectivity index (χ2v) is 6.19. The number of piperidine rings is 1. The molecule has 1 heterocycles. The molecule has 1 saturated heterocycles. The van der Waals surface area contributed by atoms with Crippen LogP contribution in [-0.2, 0) is 0 Å². The van der Waals surface area contributed by atoms with Gasteiger partial charge in [0.2, 0.25) is 0 Å². The third-order valence-corrected chi connectivity index (χ3v) is 4.68. The average molecular weight is 244 g/mol. The first-order valence-electron chi connectivity index (χ1n) is 6.75. The highest BCUT2D eigenvalue weighted by molar-refractivity contribution is 7.99. The Hall–Kier alpha value is 0.270. The second kappa shape index (κ2) is 7.57. The number of nitrogens with one attached hydrogen (secondary N) is 1. The summed E-state index contributed by atoms with van der Waals surface area (Å²) in [4.78, 5) is 2.69. The summed E-state index contributed by atoms with van der Waals surface area (Å²) in [6.07, 6.45) is 2.63. The molecular weight excluding hydrogens is 216 g/mol. The van der Waals surface area contributed by atoms with E-state index in [0.29, 0.717) is 0 Å². The monoisotopic (exact) mass is 244 g/mol. The van der Waals surface area contributed by atoms with E-state index >= 15 is 0 Å². The van der Waals surface area contributed by atoms with Gasteiger partial charge in [-0.1, -0.05) is 13.8 Å². The Morgan fingerprint density at radius 1 is 1.44 bits per heavy atom. The van der Waals surface area contributed by atoms with Crippen LogP contribution in [0.3, 0.4) is 0 Å². The number of likely N-dealkylation sites (tertiary alicyclic amines) is 1. The van der Waals surface area contributed by atoms with Gasteiger partial charge in [0.1, 0.15) is 0 Å². The minimum Gasteiger partial charge on any atom is -0.314 e. The third kappa shape index (κ3) is 4.27. The van der Waals surface area contributed by atoms with Crippen LogP contribution in [0.15, 0.2) is 0 Å². The van der Waals surface area contributed by atoms with Crippen molar-refractivity contribution in [2.24, 2.45) is 0 Å². The van der Waals surface area contributed by atoms with Crippen LogP contribution >= 0.6 is 11.8 Å². The van der Waals surface area contributed by atoms with Crippen molar-refractivity contribution in [3.8, 4) is 0 Å². The lowest BCUT2D eigenvalue weighted by Gasteiger charge is -2.41. The summed E-state index contributed by atoms with van der Waals surface area (Å²) in [6, 6.07) is 2.23. The highest BCUT2D eigenvalue weighted by Crippen LogP contribution is 2.21. The molecule has 3 heteroatoms. The van der Waals surface area contributed by atoms with Crippen molar-refractivity contribution in [2.45, 2.75) is 58.7 Å². The summed E-state index contributed by atoms with van der Waals surface area (Å²) in [5.74, 6) is 2.53. The molecule has 0 spiro atoms. The molecule has 0 aromatic heterocycles. The maximum absolute atomic E-state index is 3.59. The number of thioether (sulfide) groups is 1. The van der Waals surface area contributed by atoms with Gasteiger partial charge in [-0.15, -0.1) is 0 Å². The lowest BCUT2D eigenvalue weighted by molar-refractivity contribution is 0.106. The van der Waals surface area contributed by atoms with E-state index in [4.69, 9.17) is 0 Å². The van der Waals surface area contributed by atoms with E-state index in [2.05, 4.69) is 49.7 Å². The van der Waals surface area contributed by atoms with Gasteiger partial charge in [0.25, 0.3) is 0 Å². The average Bonchev–Trinajstić information content (AvgIpc) is 2.26. The normalized spacial score (nSPS) is 29.2. The molecule has 2 nitrogen and oxygen atoms in total. The highest BCUT2D eigenvalue weighted by atomic mass is 32.2. The zero-order valence-corrected chi connectivity index (χ0v) is 12.1. The zero-order chi connectivity index (χ0) is 12.0. The van der Waals surface area contributed by atoms with Crippen LogP contribution in [-0.4, -0.2) is 47.6 Å². The molecule has 0 amide bonds. The fourth-order valence-corrected chi connectivity index (χ4v) is 3.47. The smallest absolute Gasteiger partial charge is 0.0160 e. The van der Waals surface area contributed by atoms with Crippen LogP contribution in [0.4, 0.5) is 0 Å². The van der Waals surface area contributed by atoms with Crippen LogP contribution in [0.5, 0.6) is 0 Å². The molecule has 1 rings (SSSR count). The first-order valence-corrected chi connectivity index (χ1v) is 7.91. The Kier molecular flexibility index (Phi) is 6.78. The minimum atomic E-state index is 0.738. The quantitative estimate of drug-likeness (QED) is 0.773. The number of rotatable bonds is 6. The van der Waals surface area contributed by atoms with Crippen molar-refractivity contribution in [3.63, 3.8) is 0 Å². The fraction of sp³-hybridized carbons (Fsp3) is 1.00. The van der Waals surface area contributed by atoms with Gasteiger partial charge < -0.3 is 5.32 Å². The van der Waals surface area contributed by atoms with Gasteiger partial charge in [0.05, 0.1) is 0 Å². The molecule has 1 fully saturated rings. The molecule has 0 aromatic carbocycles. The topological polar surface area (TPSA) is 15.3 Å². The minimum absolute atomic E-state index is 0.738. The number of hydrogen-bond donors (Lipinski definition) is 1. The van der Waals surface area contributed by atoms with E-state index in [1.165, 1.54) is 30.9 Å². The maximum Gasteiger partial charge on any atom is 0.0160 e. The van der Waals surface area contributed by atoms with Gasteiger partial charge in [-0.2, -0.15) is 11.8 Å². The molecule has 1 aliphatic rings.